The highest BCUT2D eigenvalue weighted by atomic mass is 16.1. The normalized spacial score (nSPS) is 10.2. The fraction of sp³-hybridized carbons (Fsp3) is 0.545. The van der Waals surface area contributed by atoms with Crippen molar-refractivity contribution in [3.63, 3.8) is 0 Å². The zero-order valence-electron chi connectivity index (χ0n) is 9.18. The van der Waals surface area contributed by atoms with Crippen LogP contribution in [0, 0.1) is 0 Å². The molecule has 0 radical (unpaired) electrons. The molecule has 0 aliphatic rings. The molecule has 1 aromatic heterocycles. The number of rotatable bonds is 6. The molecule has 1 aromatic rings. The first-order valence-electron chi connectivity index (χ1n) is 5.46. The highest BCUT2D eigenvalue weighted by Gasteiger charge is 2.05. The highest BCUT2D eigenvalue weighted by Crippen LogP contribution is 2.04. The van der Waals surface area contributed by atoms with Gasteiger partial charge >= 0.3 is 0 Å². The standard InChI is InChI=1S/C11H19N3O/c1-2-3-4-5-6-13-11(15)10-7-9(12)8-14-10/h7-8,14H,2-6,12H2,1H3,(H,13,15). The van der Waals surface area contributed by atoms with E-state index in [0.29, 0.717) is 11.4 Å². The van der Waals surface area contributed by atoms with Gasteiger partial charge in [-0.1, -0.05) is 26.2 Å². The van der Waals surface area contributed by atoms with Crippen molar-refractivity contribution in [2.24, 2.45) is 0 Å². The Morgan fingerprint density at radius 2 is 2.27 bits per heavy atom. The molecule has 1 amide bonds. The number of aromatic amines is 1. The number of hydrogen-bond donors (Lipinski definition) is 3. The molecule has 0 bridgehead atoms. The van der Waals surface area contributed by atoms with Gasteiger partial charge < -0.3 is 16.0 Å². The number of carbonyl (C=O) groups is 1. The highest BCUT2D eigenvalue weighted by molar-refractivity contribution is 5.93. The zero-order chi connectivity index (χ0) is 11.1. The van der Waals surface area contributed by atoms with Crippen LogP contribution < -0.4 is 11.1 Å². The van der Waals surface area contributed by atoms with E-state index in [1.165, 1.54) is 19.3 Å². The summed E-state index contributed by atoms with van der Waals surface area (Å²) in [6.45, 7) is 2.90. The lowest BCUT2D eigenvalue weighted by Crippen LogP contribution is -2.24. The van der Waals surface area contributed by atoms with Gasteiger partial charge in [-0.2, -0.15) is 0 Å². The summed E-state index contributed by atoms with van der Waals surface area (Å²) in [6.07, 6.45) is 6.26. The SMILES string of the molecule is CCCCCCNC(=O)c1cc(N)c[nH]1. The Morgan fingerprint density at radius 1 is 1.47 bits per heavy atom. The maximum absolute atomic E-state index is 11.5. The molecule has 0 saturated heterocycles. The van der Waals surface area contributed by atoms with Crippen LogP contribution in [0.1, 0.15) is 43.1 Å². The third kappa shape index (κ3) is 4.06. The summed E-state index contributed by atoms with van der Waals surface area (Å²) in [5, 5.41) is 2.85. The number of anilines is 1. The van der Waals surface area contributed by atoms with Gasteiger partial charge in [0, 0.05) is 18.4 Å². The van der Waals surface area contributed by atoms with Crippen LogP contribution in [0.5, 0.6) is 0 Å². The molecular weight excluding hydrogens is 190 g/mol. The first-order valence-corrected chi connectivity index (χ1v) is 5.46. The number of nitrogens with two attached hydrogens (primary N) is 1. The molecule has 0 unspecified atom stereocenters. The molecule has 1 rings (SSSR count). The van der Waals surface area contributed by atoms with Crippen LogP contribution in [-0.4, -0.2) is 17.4 Å². The number of unbranched alkanes of at least 4 members (excludes halogenated alkanes) is 3. The van der Waals surface area contributed by atoms with E-state index in [4.69, 9.17) is 5.73 Å². The van der Waals surface area contributed by atoms with Crippen molar-refractivity contribution in [2.75, 3.05) is 12.3 Å². The van der Waals surface area contributed by atoms with Gasteiger partial charge in [0.2, 0.25) is 0 Å². The van der Waals surface area contributed by atoms with Crippen molar-refractivity contribution < 1.29 is 4.79 Å². The molecule has 1 heterocycles. The summed E-state index contributed by atoms with van der Waals surface area (Å²) in [7, 11) is 0. The number of amides is 1. The third-order valence-electron chi connectivity index (χ3n) is 2.27. The molecule has 4 N–H and O–H groups in total. The molecule has 0 aromatic carbocycles. The third-order valence-corrected chi connectivity index (χ3v) is 2.27. The Hall–Kier alpha value is -1.45. The first kappa shape index (κ1) is 11.6. The van der Waals surface area contributed by atoms with Crippen molar-refractivity contribution in [3.05, 3.63) is 18.0 Å². The Morgan fingerprint density at radius 3 is 2.87 bits per heavy atom. The Bertz CT molecular complexity index is 307. The molecule has 0 spiro atoms. The predicted octanol–water partition coefficient (Wildman–Crippen LogP) is 1.91. The Labute approximate surface area is 90.2 Å². The maximum Gasteiger partial charge on any atom is 0.267 e. The van der Waals surface area contributed by atoms with Gasteiger partial charge in [0.1, 0.15) is 5.69 Å². The lowest BCUT2D eigenvalue weighted by molar-refractivity contribution is 0.0948. The number of nitrogen functional groups attached to an aromatic ring is 1. The Kier molecular flexibility index (Phi) is 4.74. The van der Waals surface area contributed by atoms with Crippen LogP contribution in [0.4, 0.5) is 5.69 Å². The molecule has 4 heteroatoms. The number of nitrogens with one attached hydrogen (secondary N) is 2. The average molecular weight is 209 g/mol. The van der Waals surface area contributed by atoms with Gasteiger partial charge in [0.15, 0.2) is 0 Å². The van der Waals surface area contributed by atoms with E-state index in [1.54, 1.807) is 12.3 Å². The summed E-state index contributed by atoms with van der Waals surface area (Å²) in [5.74, 6) is -0.0804. The quantitative estimate of drug-likeness (QED) is 0.626. The van der Waals surface area contributed by atoms with E-state index in [0.717, 1.165) is 13.0 Å². The lowest BCUT2D eigenvalue weighted by Gasteiger charge is -2.02. The maximum atomic E-state index is 11.5. The summed E-state index contributed by atoms with van der Waals surface area (Å²) >= 11 is 0. The minimum absolute atomic E-state index is 0.0804. The van der Waals surface area contributed by atoms with Crippen LogP contribution in [0.3, 0.4) is 0 Å². The van der Waals surface area contributed by atoms with Crippen LogP contribution in [0.15, 0.2) is 12.3 Å². The number of hydrogen-bond acceptors (Lipinski definition) is 2. The van der Waals surface area contributed by atoms with Gasteiger partial charge in [0.05, 0.1) is 0 Å². The molecule has 4 nitrogen and oxygen atoms in total. The van der Waals surface area contributed by atoms with Gasteiger partial charge in [-0.25, -0.2) is 0 Å². The molecule has 0 fully saturated rings. The monoisotopic (exact) mass is 209 g/mol. The molecule has 0 aliphatic heterocycles. The van der Waals surface area contributed by atoms with Gasteiger partial charge in [0.25, 0.3) is 5.91 Å². The van der Waals surface area contributed by atoms with Crippen LogP contribution in [-0.2, 0) is 0 Å². The number of aromatic nitrogens is 1. The summed E-state index contributed by atoms with van der Waals surface area (Å²) in [5.41, 5.74) is 6.62. The molecular formula is C11H19N3O. The molecule has 0 saturated carbocycles. The molecule has 15 heavy (non-hydrogen) atoms. The van der Waals surface area contributed by atoms with Crippen molar-refractivity contribution >= 4 is 11.6 Å². The second-order valence-corrected chi connectivity index (χ2v) is 3.66. The Balaban J connectivity index is 2.19. The van der Waals surface area contributed by atoms with E-state index in [2.05, 4.69) is 17.2 Å². The lowest BCUT2D eigenvalue weighted by atomic mass is 10.2. The molecule has 0 atom stereocenters. The minimum Gasteiger partial charge on any atom is -0.397 e. The summed E-state index contributed by atoms with van der Waals surface area (Å²) in [4.78, 5) is 14.3. The van der Waals surface area contributed by atoms with Gasteiger partial charge in [-0.05, 0) is 12.5 Å². The smallest absolute Gasteiger partial charge is 0.267 e. The molecule has 0 aliphatic carbocycles. The van der Waals surface area contributed by atoms with Crippen LogP contribution in [0.25, 0.3) is 0 Å². The number of carbonyl (C=O) groups excluding carboxylic acids is 1. The minimum atomic E-state index is -0.0804. The van der Waals surface area contributed by atoms with Gasteiger partial charge in [-0.15, -0.1) is 0 Å². The molecule has 84 valence electrons. The summed E-state index contributed by atoms with van der Waals surface area (Å²) in [6, 6.07) is 1.64. The predicted molar refractivity (Wildman–Crippen MR) is 61.7 cm³/mol. The zero-order valence-corrected chi connectivity index (χ0v) is 9.18. The van der Waals surface area contributed by atoms with Gasteiger partial charge in [-0.3, -0.25) is 4.79 Å². The van der Waals surface area contributed by atoms with Crippen LogP contribution >= 0.6 is 0 Å². The van der Waals surface area contributed by atoms with E-state index < -0.39 is 0 Å². The fourth-order valence-corrected chi connectivity index (χ4v) is 1.39. The fourth-order valence-electron chi connectivity index (χ4n) is 1.39. The average Bonchev–Trinajstić information content (AvgIpc) is 2.64. The van der Waals surface area contributed by atoms with E-state index in [9.17, 15) is 4.79 Å². The second-order valence-electron chi connectivity index (χ2n) is 3.66. The number of H-pyrrole nitrogens is 1. The van der Waals surface area contributed by atoms with E-state index >= 15 is 0 Å². The van der Waals surface area contributed by atoms with Crippen molar-refractivity contribution in [1.29, 1.82) is 0 Å². The topological polar surface area (TPSA) is 70.9 Å². The van der Waals surface area contributed by atoms with Crippen molar-refractivity contribution in [3.8, 4) is 0 Å². The largest absolute Gasteiger partial charge is 0.397 e. The summed E-state index contributed by atoms with van der Waals surface area (Å²) < 4.78 is 0. The van der Waals surface area contributed by atoms with E-state index in [-0.39, 0.29) is 5.91 Å². The first-order chi connectivity index (χ1) is 7.24. The van der Waals surface area contributed by atoms with Crippen molar-refractivity contribution in [1.82, 2.24) is 10.3 Å². The van der Waals surface area contributed by atoms with Crippen LogP contribution in [0.2, 0.25) is 0 Å². The van der Waals surface area contributed by atoms with E-state index in [1.807, 2.05) is 0 Å². The second kappa shape index (κ2) is 6.11. The van der Waals surface area contributed by atoms with Crippen molar-refractivity contribution in [2.45, 2.75) is 32.6 Å².